The van der Waals surface area contributed by atoms with E-state index in [2.05, 4.69) is 10.0 Å². The molecule has 0 radical (unpaired) electrons. The Bertz CT molecular complexity index is 935. The van der Waals surface area contributed by atoms with Crippen LogP contribution in [0.15, 0.2) is 47.4 Å². The van der Waals surface area contributed by atoms with Gasteiger partial charge in [0.15, 0.2) is 5.78 Å². The van der Waals surface area contributed by atoms with Gasteiger partial charge in [0.1, 0.15) is 0 Å². The monoisotopic (exact) mass is 344 g/mol. The zero-order valence-electron chi connectivity index (χ0n) is 13.0. The lowest BCUT2D eigenvalue weighted by atomic mass is 10.1. The predicted molar refractivity (Wildman–Crippen MR) is 89.2 cm³/mol. The lowest BCUT2D eigenvalue weighted by Crippen LogP contribution is -2.23. The van der Waals surface area contributed by atoms with Gasteiger partial charge in [-0.3, -0.25) is 9.59 Å². The van der Waals surface area contributed by atoms with Crippen LogP contribution >= 0.6 is 0 Å². The van der Waals surface area contributed by atoms with Crippen molar-refractivity contribution in [3.8, 4) is 0 Å². The standard InChI is InChI=1S/C17H16N2O4S/c1-11(20)13-3-2-4-15(8-13)24(22,23)18-10-12-5-6-16-14(7-12)9-17(21)19-16/h2-8,18H,9-10H2,1H3,(H,19,21). The molecule has 0 fully saturated rings. The minimum absolute atomic E-state index is 0.0493. The molecule has 7 heteroatoms. The number of Topliss-reactive ketones (excluding diaryl/α,β-unsaturated/α-hetero) is 1. The maximum absolute atomic E-state index is 12.4. The minimum atomic E-state index is -3.72. The van der Waals surface area contributed by atoms with Crippen LogP contribution in [0.2, 0.25) is 0 Å². The molecule has 0 unspecified atom stereocenters. The third-order valence-electron chi connectivity index (χ3n) is 3.81. The Hall–Kier alpha value is -2.51. The van der Waals surface area contributed by atoms with E-state index in [0.717, 1.165) is 16.8 Å². The molecule has 0 spiro atoms. The second kappa shape index (κ2) is 6.18. The van der Waals surface area contributed by atoms with Crippen molar-refractivity contribution < 1.29 is 18.0 Å². The van der Waals surface area contributed by atoms with Crippen LogP contribution in [0.5, 0.6) is 0 Å². The van der Waals surface area contributed by atoms with Crippen molar-refractivity contribution in [2.24, 2.45) is 0 Å². The number of carbonyl (C=O) groups excluding carboxylic acids is 2. The fraction of sp³-hybridized carbons (Fsp3) is 0.176. The summed E-state index contributed by atoms with van der Waals surface area (Å²) in [5, 5.41) is 2.73. The Morgan fingerprint density at radius 1 is 1.21 bits per heavy atom. The summed E-state index contributed by atoms with van der Waals surface area (Å²) in [5.41, 5.74) is 2.73. The number of anilines is 1. The van der Waals surface area contributed by atoms with Crippen LogP contribution in [0.4, 0.5) is 5.69 Å². The molecule has 3 rings (SSSR count). The van der Waals surface area contributed by atoms with E-state index in [0.29, 0.717) is 12.0 Å². The van der Waals surface area contributed by atoms with Crippen molar-refractivity contribution in [1.82, 2.24) is 4.72 Å². The summed E-state index contributed by atoms with van der Waals surface area (Å²) >= 11 is 0. The number of hydrogen-bond donors (Lipinski definition) is 2. The zero-order valence-corrected chi connectivity index (χ0v) is 13.8. The largest absolute Gasteiger partial charge is 0.326 e. The van der Waals surface area contributed by atoms with Crippen molar-refractivity contribution in [1.29, 1.82) is 0 Å². The molecule has 124 valence electrons. The van der Waals surface area contributed by atoms with E-state index in [-0.39, 0.29) is 23.1 Å². The number of ketones is 1. The first-order valence-corrected chi connectivity index (χ1v) is 8.86. The van der Waals surface area contributed by atoms with Gasteiger partial charge in [-0.05, 0) is 36.2 Å². The van der Waals surface area contributed by atoms with Crippen LogP contribution in [0, 0.1) is 0 Å². The molecular formula is C17H16N2O4S. The van der Waals surface area contributed by atoms with Crippen LogP contribution in [-0.4, -0.2) is 20.1 Å². The molecule has 0 bridgehead atoms. The van der Waals surface area contributed by atoms with Gasteiger partial charge >= 0.3 is 0 Å². The summed E-state index contributed by atoms with van der Waals surface area (Å²) in [5.74, 6) is -0.258. The summed E-state index contributed by atoms with van der Waals surface area (Å²) < 4.78 is 27.3. The van der Waals surface area contributed by atoms with Crippen LogP contribution in [-0.2, 0) is 27.8 Å². The first kappa shape index (κ1) is 16.4. The van der Waals surface area contributed by atoms with Crippen LogP contribution < -0.4 is 10.0 Å². The molecular weight excluding hydrogens is 328 g/mol. The van der Waals surface area contributed by atoms with Gasteiger partial charge < -0.3 is 5.32 Å². The van der Waals surface area contributed by atoms with Gasteiger partial charge in [0.25, 0.3) is 0 Å². The number of carbonyl (C=O) groups is 2. The third kappa shape index (κ3) is 3.37. The maximum Gasteiger partial charge on any atom is 0.240 e. The number of rotatable bonds is 5. The summed E-state index contributed by atoms with van der Waals surface area (Å²) in [4.78, 5) is 22.8. The van der Waals surface area contributed by atoms with Crippen LogP contribution in [0.25, 0.3) is 0 Å². The summed E-state index contributed by atoms with van der Waals surface area (Å²) in [6.45, 7) is 1.49. The van der Waals surface area contributed by atoms with Crippen molar-refractivity contribution >= 4 is 27.4 Å². The van der Waals surface area contributed by atoms with Crippen LogP contribution in [0.1, 0.15) is 28.4 Å². The first-order valence-electron chi connectivity index (χ1n) is 7.37. The van der Waals surface area contributed by atoms with Gasteiger partial charge in [0.05, 0.1) is 11.3 Å². The Kier molecular flexibility index (Phi) is 4.21. The molecule has 1 aliphatic rings. The Balaban J connectivity index is 1.76. The molecule has 2 aromatic rings. The van der Waals surface area contributed by atoms with Crippen molar-refractivity contribution in [3.63, 3.8) is 0 Å². The second-order valence-electron chi connectivity index (χ2n) is 5.63. The Labute approximate surface area is 139 Å². The van der Waals surface area contributed by atoms with Gasteiger partial charge in [-0.1, -0.05) is 24.3 Å². The third-order valence-corrected chi connectivity index (χ3v) is 5.21. The molecule has 0 saturated heterocycles. The van der Waals surface area contributed by atoms with Crippen LogP contribution in [0.3, 0.4) is 0 Å². The number of nitrogens with one attached hydrogen (secondary N) is 2. The van der Waals surface area contributed by atoms with Gasteiger partial charge in [-0.25, -0.2) is 13.1 Å². The van der Waals surface area contributed by atoms with E-state index in [1.54, 1.807) is 18.2 Å². The lowest BCUT2D eigenvalue weighted by molar-refractivity contribution is -0.115. The quantitative estimate of drug-likeness (QED) is 0.810. The Morgan fingerprint density at radius 2 is 2.00 bits per heavy atom. The van der Waals surface area contributed by atoms with E-state index < -0.39 is 10.0 Å². The molecule has 6 nitrogen and oxygen atoms in total. The van der Waals surface area contributed by atoms with E-state index >= 15 is 0 Å². The summed E-state index contributed by atoms with van der Waals surface area (Å²) in [7, 11) is -3.72. The highest BCUT2D eigenvalue weighted by molar-refractivity contribution is 7.89. The number of amides is 1. The second-order valence-corrected chi connectivity index (χ2v) is 7.39. The normalized spacial score (nSPS) is 13.5. The Morgan fingerprint density at radius 3 is 2.75 bits per heavy atom. The maximum atomic E-state index is 12.4. The molecule has 0 aliphatic carbocycles. The fourth-order valence-corrected chi connectivity index (χ4v) is 3.60. The molecule has 0 atom stereocenters. The smallest absolute Gasteiger partial charge is 0.240 e. The number of hydrogen-bond acceptors (Lipinski definition) is 4. The summed E-state index contributed by atoms with van der Waals surface area (Å²) in [6.07, 6.45) is 0.302. The number of benzene rings is 2. The van der Waals surface area contributed by atoms with Crippen molar-refractivity contribution in [2.45, 2.75) is 24.8 Å². The summed E-state index contributed by atoms with van der Waals surface area (Å²) in [6, 6.07) is 11.3. The minimum Gasteiger partial charge on any atom is -0.326 e. The predicted octanol–water partition coefficient (Wildman–Crippen LogP) is 1.86. The van der Waals surface area contributed by atoms with E-state index in [1.807, 2.05) is 6.07 Å². The SMILES string of the molecule is CC(=O)c1cccc(S(=O)(=O)NCc2ccc3c(c2)CC(=O)N3)c1. The molecule has 1 aliphatic heterocycles. The molecule has 1 heterocycles. The molecule has 2 aromatic carbocycles. The van der Waals surface area contributed by atoms with E-state index in [9.17, 15) is 18.0 Å². The first-order chi connectivity index (χ1) is 11.3. The average molecular weight is 344 g/mol. The van der Waals surface area contributed by atoms with E-state index in [1.165, 1.54) is 25.1 Å². The highest BCUT2D eigenvalue weighted by atomic mass is 32.2. The molecule has 1 amide bonds. The van der Waals surface area contributed by atoms with Gasteiger partial charge in [-0.15, -0.1) is 0 Å². The zero-order chi connectivity index (χ0) is 17.3. The van der Waals surface area contributed by atoms with Gasteiger partial charge in [0.2, 0.25) is 15.9 Å². The van der Waals surface area contributed by atoms with Gasteiger partial charge in [-0.2, -0.15) is 0 Å². The fourth-order valence-electron chi connectivity index (χ4n) is 2.54. The van der Waals surface area contributed by atoms with E-state index in [4.69, 9.17) is 0 Å². The highest BCUT2D eigenvalue weighted by Gasteiger charge is 2.19. The van der Waals surface area contributed by atoms with Gasteiger partial charge in [0, 0.05) is 17.8 Å². The van der Waals surface area contributed by atoms with Crippen molar-refractivity contribution in [2.75, 3.05) is 5.32 Å². The molecule has 2 N–H and O–H groups in total. The average Bonchev–Trinajstić information content (AvgIpc) is 2.92. The molecule has 0 aromatic heterocycles. The molecule has 0 saturated carbocycles. The highest BCUT2D eigenvalue weighted by Crippen LogP contribution is 2.24. The molecule has 24 heavy (non-hydrogen) atoms. The lowest BCUT2D eigenvalue weighted by Gasteiger charge is -2.09. The van der Waals surface area contributed by atoms with Crippen molar-refractivity contribution in [3.05, 3.63) is 59.2 Å². The number of sulfonamides is 1. The number of fused-ring (bicyclic) bond motifs is 1. The topological polar surface area (TPSA) is 92.3 Å².